The highest BCUT2D eigenvalue weighted by molar-refractivity contribution is 9.10. The Kier molecular flexibility index (Phi) is 3.50. The number of ether oxygens (including phenoxy) is 1. The molecule has 72 valence electrons. The molecule has 1 aromatic rings. The molecule has 0 aliphatic carbocycles. The minimum atomic E-state index is -0.497. The summed E-state index contributed by atoms with van der Waals surface area (Å²) in [5, 5.41) is 8.89. The molecular formula is C9H5BrClNO2. The molecule has 0 aromatic heterocycles. The van der Waals surface area contributed by atoms with Crippen LogP contribution in [-0.4, -0.2) is 13.1 Å². The van der Waals surface area contributed by atoms with Gasteiger partial charge in [-0.2, -0.15) is 5.26 Å². The zero-order chi connectivity index (χ0) is 10.7. The van der Waals surface area contributed by atoms with Crippen LogP contribution in [0.25, 0.3) is 0 Å². The van der Waals surface area contributed by atoms with Crippen LogP contribution in [0.4, 0.5) is 0 Å². The number of nitrogens with zero attached hydrogens (tertiary/aromatic N) is 1. The normalized spacial score (nSPS) is 9.29. The number of rotatable bonds is 1. The number of hydrogen-bond acceptors (Lipinski definition) is 3. The predicted octanol–water partition coefficient (Wildman–Crippen LogP) is 2.76. The molecule has 3 nitrogen and oxygen atoms in total. The van der Waals surface area contributed by atoms with Crippen molar-refractivity contribution in [2.45, 2.75) is 0 Å². The molecule has 1 rings (SSSR count). The van der Waals surface area contributed by atoms with E-state index in [0.717, 1.165) is 0 Å². The van der Waals surface area contributed by atoms with Crippen molar-refractivity contribution in [1.29, 1.82) is 5.26 Å². The Morgan fingerprint density at radius 2 is 2.29 bits per heavy atom. The smallest absolute Gasteiger partial charge is 0.339 e. The lowest BCUT2D eigenvalue weighted by atomic mass is 10.1. The maximum atomic E-state index is 11.2. The summed E-state index contributed by atoms with van der Waals surface area (Å²) in [6, 6.07) is 4.79. The van der Waals surface area contributed by atoms with Crippen LogP contribution in [0.1, 0.15) is 15.9 Å². The van der Waals surface area contributed by atoms with Gasteiger partial charge < -0.3 is 4.74 Å². The van der Waals surface area contributed by atoms with Crippen LogP contribution in [0.15, 0.2) is 16.6 Å². The lowest BCUT2D eigenvalue weighted by molar-refractivity contribution is 0.0599. The molecule has 0 fully saturated rings. The molecule has 0 aliphatic rings. The van der Waals surface area contributed by atoms with E-state index in [4.69, 9.17) is 16.9 Å². The summed E-state index contributed by atoms with van der Waals surface area (Å²) in [6.45, 7) is 0. The quantitative estimate of drug-likeness (QED) is 0.740. The average Bonchev–Trinajstić information content (AvgIpc) is 2.19. The highest BCUT2D eigenvalue weighted by atomic mass is 79.9. The second-order valence-electron chi connectivity index (χ2n) is 2.42. The van der Waals surface area contributed by atoms with Crippen LogP contribution < -0.4 is 0 Å². The number of halogens is 2. The van der Waals surface area contributed by atoms with Gasteiger partial charge in [0.05, 0.1) is 23.3 Å². The minimum absolute atomic E-state index is 0.233. The number of hydrogen-bond donors (Lipinski definition) is 0. The summed E-state index contributed by atoms with van der Waals surface area (Å²) in [5.41, 5.74) is 0.614. The number of esters is 1. The monoisotopic (exact) mass is 273 g/mol. The largest absolute Gasteiger partial charge is 0.465 e. The van der Waals surface area contributed by atoms with Crippen molar-refractivity contribution in [2.75, 3.05) is 7.11 Å². The lowest BCUT2D eigenvalue weighted by Gasteiger charge is -2.03. The van der Waals surface area contributed by atoms with Gasteiger partial charge in [-0.15, -0.1) is 0 Å². The van der Waals surface area contributed by atoms with Crippen LogP contribution >= 0.6 is 27.5 Å². The Morgan fingerprint density at radius 3 is 2.79 bits per heavy atom. The first kappa shape index (κ1) is 11.0. The van der Waals surface area contributed by atoms with Crippen molar-refractivity contribution in [2.24, 2.45) is 0 Å². The summed E-state index contributed by atoms with van der Waals surface area (Å²) < 4.78 is 5.03. The zero-order valence-corrected chi connectivity index (χ0v) is 9.52. The first-order valence-electron chi connectivity index (χ1n) is 3.57. The summed E-state index contributed by atoms with van der Waals surface area (Å²) in [4.78, 5) is 11.2. The standard InChI is InChI=1S/C9H5BrClNO2/c1-14-9(13)6-3-8(11)5(4-12)2-7(6)10/h2-3H,1H3. The highest BCUT2D eigenvalue weighted by Gasteiger charge is 2.13. The highest BCUT2D eigenvalue weighted by Crippen LogP contribution is 2.25. The van der Waals surface area contributed by atoms with E-state index in [0.29, 0.717) is 15.6 Å². The number of carbonyl (C=O) groups is 1. The molecule has 0 N–H and O–H groups in total. The van der Waals surface area contributed by atoms with Crippen LogP contribution in [0.5, 0.6) is 0 Å². The van der Waals surface area contributed by atoms with Crippen LogP contribution in [0.3, 0.4) is 0 Å². The van der Waals surface area contributed by atoms with Crippen molar-refractivity contribution >= 4 is 33.5 Å². The summed E-state index contributed by atoms with van der Waals surface area (Å²) in [7, 11) is 1.28. The van der Waals surface area contributed by atoms with Gasteiger partial charge in [-0.1, -0.05) is 11.6 Å². The molecule has 0 saturated carbocycles. The third kappa shape index (κ3) is 2.06. The van der Waals surface area contributed by atoms with E-state index in [1.807, 2.05) is 6.07 Å². The summed E-state index contributed by atoms with van der Waals surface area (Å²) in [6.07, 6.45) is 0. The van der Waals surface area contributed by atoms with Gasteiger partial charge in [0.2, 0.25) is 0 Å². The lowest BCUT2D eigenvalue weighted by Crippen LogP contribution is -2.02. The number of benzene rings is 1. The number of carbonyl (C=O) groups excluding carboxylic acids is 1. The van der Waals surface area contributed by atoms with Gasteiger partial charge in [0.1, 0.15) is 6.07 Å². The maximum Gasteiger partial charge on any atom is 0.339 e. The van der Waals surface area contributed by atoms with Gasteiger partial charge in [0.25, 0.3) is 0 Å². The first-order chi connectivity index (χ1) is 6.60. The van der Waals surface area contributed by atoms with Gasteiger partial charge in [-0.05, 0) is 28.1 Å². The van der Waals surface area contributed by atoms with Crippen molar-refractivity contribution in [1.82, 2.24) is 0 Å². The fourth-order valence-corrected chi connectivity index (χ4v) is 1.61. The van der Waals surface area contributed by atoms with Gasteiger partial charge >= 0.3 is 5.97 Å². The average molecular weight is 275 g/mol. The fraction of sp³-hybridized carbons (Fsp3) is 0.111. The van der Waals surface area contributed by atoms with Crippen LogP contribution in [0, 0.1) is 11.3 Å². The summed E-state index contributed by atoms with van der Waals surface area (Å²) in [5.74, 6) is -0.497. The van der Waals surface area contributed by atoms with E-state index in [2.05, 4.69) is 20.7 Å². The van der Waals surface area contributed by atoms with E-state index in [-0.39, 0.29) is 5.02 Å². The molecule has 0 heterocycles. The predicted molar refractivity (Wildman–Crippen MR) is 55.2 cm³/mol. The second-order valence-corrected chi connectivity index (χ2v) is 3.68. The molecule has 0 spiro atoms. The molecule has 0 unspecified atom stereocenters. The van der Waals surface area contributed by atoms with E-state index < -0.39 is 5.97 Å². The molecule has 5 heteroatoms. The van der Waals surface area contributed by atoms with Crippen molar-refractivity contribution in [3.05, 3.63) is 32.8 Å². The van der Waals surface area contributed by atoms with Crippen molar-refractivity contribution < 1.29 is 9.53 Å². The molecule has 0 bridgehead atoms. The van der Waals surface area contributed by atoms with Gasteiger partial charge in [0, 0.05) is 4.47 Å². The van der Waals surface area contributed by atoms with Crippen molar-refractivity contribution in [3.63, 3.8) is 0 Å². The minimum Gasteiger partial charge on any atom is -0.465 e. The van der Waals surface area contributed by atoms with E-state index in [1.54, 1.807) is 0 Å². The molecular weight excluding hydrogens is 269 g/mol. The fourth-order valence-electron chi connectivity index (χ4n) is 0.899. The molecule has 1 aromatic carbocycles. The van der Waals surface area contributed by atoms with Crippen LogP contribution in [-0.2, 0) is 4.74 Å². The Balaban J connectivity index is 3.30. The van der Waals surface area contributed by atoms with Crippen LogP contribution in [0.2, 0.25) is 5.02 Å². The van der Waals surface area contributed by atoms with Gasteiger partial charge in [0.15, 0.2) is 0 Å². The van der Waals surface area contributed by atoms with E-state index >= 15 is 0 Å². The Morgan fingerprint density at radius 1 is 1.64 bits per heavy atom. The molecule has 0 aliphatic heterocycles. The second kappa shape index (κ2) is 4.45. The van der Waals surface area contributed by atoms with Crippen molar-refractivity contribution in [3.8, 4) is 6.07 Å². The third-order valence-corrected chi connectivity index (χ3v) is 2.55. The SMILES string of the molecule is COC(=O)c1cc(Cl)c(C#N)cc1Br. The summed E-state index contributed by atoms with van der Waals surface area (Å²) >= 11 is 8.90. The number of nitriles is 1. The molecule has 0 radical (unpaired) electrons. The first-order valence-corrected chi connectivity index (χ1v) is 4.74. The van der Waals surface area contributed by atoms with E-state index in [9.17, 15) is 4.79 Å². The molecule has 14 heavy (non-hydrogen) atoms. The Hall–Kier alpha value is -1.05. The van der Waals surface area contributed by atoms with Gasteiger partial charge in [-0.25, -0.2) is 4.79 Å². The zero-order valence-electron chi connectivity index (χ0n) is 7.17. The Bertz CT molecular complexity index is 426. The Labute approximate surface area is 94.4 Å². The molecule has 0 saturated heterocycles. The maximum absolute atomic E-state index is 11.2. The number of methoxy groups -OCH3 is 1. The topological polar surface area (TPSA) is 50.1 Å². The molecule has 0 atom stereocenters. The van der Waals surface area contributed by atoms with Gasteiger partial charge in [-0.3, -0.25) is 0 Å². The molecule has 0 amide bonds. The third-order valence-electron chi connectivity index (χ3n) is 1.58. The van der Waals surface area contributed by atoms with E-state index in [1.165, 1.54) is 19.2 Å².